The zero-order valence-electron chi connectivity index (χ0n) is 50.0. The SMILES string of the molecule is [C-]#[N+]/C(c1nc2cc(C)ccc2o1)=c1\c2c(-c3cccc(OCC(C)C)c3)n(B(CC(C)(C)C)CC(C)(C)C)/c(=C(/C#N)c3nc4cc(C)ccc4o3)c2c(-c2cccc(OCC(C)C)c2)n1B(CC(C)(C)C)CC(C)(C)C. The Balaban J connectivity index is 1.81. The Kier molecular flexibility index (Phi) is 16.2. The van der Waals surface area contributed by atoms with Gasteiger partial charge in [-0.25, -0.2) is 14.8 Å². The standard InChI is InChI=1S/C66H82B2N6O4/c1-41(2)35-75-47-24-20-22-45(32-47)57-54-55(60(74(57)68(39-65(13,14)15)40-66(16,17)18)56(70-19)62-72-51-31-44(6)27-29-53(51)78-62)58(46-23-21-25-48(33-46)76-36-42(3)4)73(67(37-63(7,8)9)38-64(10,11)12)59(54)49(34-69)61-71-50-30-43(5)26-28-52(50)77-61/h20-33,41-42H,35-40H2,1-18H3/b59-49-,60-56+. The molecule has 10 nitrogen and oxygen atoms in total. The molecule has 4 aromatic heterocycles. The summed E-state index contributed by atoms with van der Waals surface area (Å²) < 4.78 is 31.7. The number of oxazole rings is 2. The minimum Gasteiger partial charge on any atom is -0.493 e. The van der Waals surface area contributed by atoms with E-state index in [-0.39, 0.29) is 64.7 Å². The first-order valence-corrected chi connectivity index (χ1v) is 28.1. The van der Waals surface area contributed by atoms with Gasteiger partial charge >= 0.3 is 0 Å². The van der Waals surface area contributed by atoms with E-state index in [2.05, 4.69) is 167 Å². The lowest BCUT2D eigenvalue weighted by atomic mass is 9.46. The first-order valence-electron chi connectivity index (χ1n) is 28.1. The number of rotatable bonds is 16. The molecule has 0 spiro atoms. The third-order valence-corrected chi connectivity index (χ3v) is 13.9. The molecule has 0 radical (unpaired) electrons. The van der Waals surface area contributed by atoms with Crippen molar-refractivity contribution in [1.82, 2.24) is 18.9 Å². The number of hydrogen-bond donors (Lipinski definition) is 0. The lowest BCUT2D eigenvalue weighted by molar-refractivity contribution is 0.271. The van der Waals surface area contributed by atoms with E-state index < -0.39 is 0 Å². The minimum atomic E-state index is -0.198. The van der Waals surface area contributed by atoms with Crippen molar-refractivity contribution >= 4 is 57.9 Å². The number of nitrogens with zero attached hydrogens (tertiary/aromatic N) is 6. The number of benzene rings is 4. The van der Waals surface area contributed by atoms with Crippen LogP contribution in [-0.2, 0) is 0 Å². The number of fused-ring (bicyclic) bond motifs is 3. The molecule has 8 aromatic rings. The van der Waals surface area contributed by atoms with Crippen LogP contribution in [-0.4, -0.2) is 45.8 Å². The van der Waals surface area contributed by atoms with Crippen LogP contribution < -0.4 is 20.2 Å². The maximum atomic E-state index is 12.2. The summed E-state index contributed by atoms with van der Waals surface area (Å²) in [5, 5.41) is 15.2. The number of ether oxygens (including phenoxy) is 2. The lowest BCUT2D eigenvalue weighted by Crippen LogP contribution is -2.42. The Bertz CT molecular complexity index is 3440. The smallest absolute Gasteiger partial charge is 0.269 e. The highest BCUT2D eigenvalue weighted by Crippen LogP contribution is 2.43. The monoisotopic (exact) mass is 1040 g/mol. The molecule has 4 aromatic carbocycles. The van der Waals surface area contributed by atoms with E-state index in [0.29, 0.717) is 51.7 Å². The molecule has 0 bridgehead atoms. The summed E-state index contributed by atoms with van der Waals surface area (Å²) in [7, 11) is 0. The highest BCUT2D eigenvalue weighted by molar-refractivity contribution is 6.60. The van der Waals surface area contributed by atoms with Crippen LogP contribution in [0, 0.1) is 65.2 Å². The summed E-state index contributed by atoms with van der Waals surface area (Å²) in [6.07, 6.45) is 3.01. The van der Waals surface area contributed by atoms with Crippen molar-refractivity contribution in [3.8, 4) is 40.1 Å². The molecule has 406 valence electrons. The van der Waals surface area contributed by atoms with E-state index in [1.165, 1.54) is 0 Å². The Morgan fingerprint density at radius 1 is 0.590 bits per heavy atom. The first-order chi connectivity index (χ1) is 36.5. The molecule has 4 heterocycles. The van der Waals surface area contributed by atoms with Gasteiger partial charge in [-0.15, -0.1) is 0 Å². The Labute approximate surface area is 465 Å². The van der Waals surface area contributed by atoms with Crippen molar-refractivity contribution in [2.45, 2.75) is 150 Å². The molecule has 8 rings (SSSR count). The molecule has 12 heteroatoms. The van der Waals surface area contributed by atoms with Crippen molar-refractivity contribution in [3.05, 3.63) is 130 Å². The van der Waals surface area contributed by atoms with Gasteiger partial charge in [0.1, 0.15) is 34.2 Å². The third kappa shape index (κ3) is 13.0. The number of nitriles is 1. The second-order valence-corrected chi connectivity index (χ2v) is 27.6. The van der Waals surface area contributed by atoms with Crippen LogP contribution in [0.1, 0.15) is 134 Å². The Morgan fingerprint density at radius 3 is 1.38 bits per heavy atom. The lowest BCUT2D eigenvalue weighted by Gasteiger charge is -2.33. The van der Waals surface area contributed by atoms with Gasteiger partial charge in [-0.05, 0) is 132 Å². The molecular formula is C66H82B2N6O4. The first kappa shape index (κ1) is 57.3. The molecule has 0 aliphatic rings. The molecule has 0 aliphatic heterocycles. The number of hydrogen-bond acceptors (Lipinski definition) is 7. The summed E-state index contributed by atoms with van der Waals surface area (Å²) in [5.41, 5.74) is 7.94. The van der Waals surface area contributed by atoms with Gasteiger partial charge in [-0.3, -0.25) is 0 Å². The quantitative estimate of drug-likeness (QED) is 0.0700. The minimum absolute atomic E-state index is 0.174. The molecule has 0 fully saturated rings. The summed E-state index contributed by atoms with van der Waals surface area (Å²) in [6.45, 7) is 50.4. The highest BCUT2D eigenvalue weighted by Gasteiger charge is 2.40. The van der Waals surface area contributed by atoms with Crippen LogP contribution in [0.15, 0.2) is 93.8 Å². The van der Waals surface area contributed by atoms with Gasteiger partial charge < -0.3 is 27.3 Å². The van der Waals surface area contributed by atoms with Gasteiger partial charge in [0.2, 0.25) is 11.8 Å². The largest absolute Gasteiger partial charge is 0.493 e. The van der Waals surface area contributed by atoms with Gasteiger partial charge in [0.05, 0.1) is 25.1 Å². The molecule has 0 N–H and O–H groups in total. The molecule has 0 saturated carbocycles. The topological polar surface area (TPSA) is 109 Å². The van der Waals surface area contributed by atoms with Crippen molar-refractivity contribution in [2.24, 2.45) is 33.5 Å². The number of aromatic nitrogens is 4. The van der Waals surface area contributed by atoms with Gasteiger partial charge in [0.15, 0.2) is 11.2 Å². The fourth-order valence-corrected chi connectivity index (χ4v) is 11.2. The maximum Gasteiger partial charge on any atom is 0.269 e. The molecule has 0 unspecified atom stereocenters. The molecule has 78 heavy (non-hydrogen) atoms. The average molecular weight is 1050 g/mol. The zero-order chi connectivity index (χ0) is 56.8. The second kappa shape index (κ2) is 22.1. The van der Waals surface area contributed by atoms with Crippen LogP contribution in [0.25, 0.3) is 71.6 Å². The molecule has 0 aliphatic carbocycles. The van der Waals surface area contributed by atoms with Crippen molar-refractivity contribution in [1.29, 1.82) is 5.26 Å². The Morgan fingerprint density at radius 2 is 0.987 bits per heavy atom. The van der Waals surface area contributed by atoms with Gasteiger partial charge in [-0.2, -0.15) is 5.26 Å². The summed E-state index contributed by atoms with van der Waals surface area (Å²) >= 11 is 0. The zero-order valence-corrected chi connectivity index (χ0v) is 50.0. The summed E-state index contributed by atoms with van der Waals surface area (Å²) in [5.74, 6) is 2.48. The van der Waals surface area contributed by atoms with Gasteiger partial charge in [-0.1, -0.05) is 147 Å². The van der Waals surface area contributed by atoms with Crippen molar-refractivity contribution in [2.75, 3.05) is 13.2 Å². The maximum absolute atomic E-state index is 12.2. The van der Waals surface area contributed by atoms with Crippen LogP contribution >= 0.6 is 0 Å². The number of aryl methyl sites for hydroxylation is 2. The predicted octanol–water partition coefficient (Wildman–Crippen LogP) is 16.4. The van der Waals surface area contributed by atoms with Crippen LogP contribution in [0.2, 0.25) is 25.3 Å². The predicted molar refractivity (Wildman–Crippen MR) is 325 cm³/mol. The van der Waals surface area contributed by atoms with Gasteiger partial charge in [0, 0.05) is 38.6 Å². The summed E-state index contributed by atoms with van der Waals surface area (Å²) in [6, 6.07) is 31.4. The third-order valence-electron chi connectivity index (χ3n) is 13.9. The van der Waals surface area contributed by atoms with Crippen LogP contribution in [0.4, 0.5) is 0 Å². The second-order valence-electron chi connectivity index (χ2n) is 27.6. The van der Waals surface area contributed by atoms with E-state index in [9.17, 15) is 11.8 Å². The van der Waals surface area contributed by atoms with Crippen molar-refractivity contribution in [3.63, 3.8) is 0 Å². The fourth-order valence-electron chi connectivity index (χ4n) is 11.2. The van der Waals surface area contributed by atoms with E-state index >= 15 is 0 Å². The normalized spacial score (nSPS) is 13.4. The average Bonchev–Trinajstić information content (AvgIpc) is 4.19. The highest BCUT2D eigenvalue weighted by atomic mass is 16.5. The fraction of sp³-hybridized carbons (Fsp3) is 0.455. The van der Waals surface area contributed by atoms with E-state index in [1.54, 1.807) is 0 Å². The van der Waals surface area contributed by atoms with E-state index in [1.807, 2.05) is 62.4 Å². The Hall–Kier alpha value is -6.91. The molecule has 0 saturated heterocycles. The molecule has 0 atom stereocenters. The van der Waals surface area contributed by atoms with Crippen LogP contribution in [0.3, 0.4) is 0 Å². The summed E-state index contributed by atoms with van der Waals surface area (Å²) in [4.78, 5) is 15.0. The van der Waals surface area contributed by atoms with E-state index in [0.717, 1.165) is 81.2 Å². The van der Waals surface area contributed by atoms with Crippen molar-refractivity contribution < 1.29 is 18.3 Å². The van der Waals surface area contributed by atoms with Crippen LogP contribution in [0.5, 0.6) is 11.5 Å². The van der Waals surface area contributed by atoms with E-state index in [4.69, 9.17) is 28.3 Å². The molecule has 0 amide bonds. The van der Waals surface area contributed by atoms with Gasteiger partial charge in [0.25, 0.3) is 19.4 Å². The molecular weight excluding hydrogens is 962 g/mol.